The number of nitrogens with zero attached hydrogens (tertiary/aromatic N) is 2. The highest BCUT2D eigenvalue weighted by molar-refractivity contribution is 5.81. The van der Waals surface area contributed by atoms with Crippen LogP contribution in [0, 0.1) is 0 Å². The van der Waals surface area contributed by atoms with E-state index in [0.717, 1.165) is 45.1 Å². The van der Waals surface area contributed by atoms with E-state index in [4.69, 9.17) is 5.84 Å². The summed E-state index contributed by atoms with van der Waals surface area (Å²) < 4.78 is 0. The number of hydrogen-bond donors (Lipinski definition) is 2. The maximum Gasteiger partial charge on any atom is 0.251 e. The molecule has 0 aromatic rings. The van der Waals surface area contributed by atoms with Crippen molar-refractivity contribution in [2.75, 3.05) is 26.2 Å². The van der Waals surface area contributed by atoms with Crippen LogP contribution in [-0.2, 0) is 4.79 Å². The number of hydrazine groups is 1. The first kappa shape index (κ1) is 12.8. The molecule has 1 amide bonds. The van der Waals surface area contributed by atoms with E-state index in [1.54, 1.807) is 0 Å². The van der Waals surface area contributed by atoms with E-state index in [-0.39, 0.29) is 11.9 Å². The Morgan fingerprint density at radius 3 is 2.47 bits per heavy atom. The largest absolute Gasteiger partial charge is 0.298 e. The van der Waals surface area contributed by atoms with E-state index in [9.17, 15) is 4.79 Å². The van der Waals surface area contributed by atoms with Gasteiger partial charge in [-0.1, -0.05) is 13.3 Å². The summed E-state index contributed by atoms with van der Waals surface area (Å²) in [5.41, 5.74) is 2.30. The highest BCUT2D eigenvalue weighted by atomic mass is 16.2. The lowest BCUT2D eigenvalue weighted by Crippen LogP contribution is -2.56. The van der Waals surface area contributed by atoms with Gasteiger partial charge in [0.1, 0.15) is 0 Å². The SMILES string of the molecule is CCCC(C(=O)NN)N1CCN(C2CC2)CC1. The maximum absolute atomic E-state index is 11.7. The number of hydrogen-bond acceptors (Lipinski definition) is 4. The Labute approximate surface area is 103 Å². The van der Waals surface area contributed by atoms with Crippen molar-refractivity contribution >= 4 is 5.91 Å². The molecule has 0 bridgehead atoms. The van der Waals surface area contributed by atoms with E-state index in [0.29, 0.717) is 0 Å². The summed E-state index contributed by atoms with van der Waals surface area (Å²) in [4.78, 5) is 16.6. The fraction of sp³-hybridized carbons (Fsp3) is 0.917. The van der Waals surface area contributed by atoms with Gasteiger partial charge >= 0.3 is 0 Å². The van der Waals surface area contributed by atoms with Crippen LogP contribution < -0.4 is 11.3 Å². The van der Waals surface area contributed by atoms with E-state index >= 15 is 0 Å². The molecule has 0 spiro atoms. The summed E-state index contributed by atoms with van der Waals surface area (Å²) in [5.74, 6) is 5.22. The second-order valence-electron chi connectivity index (χ2n) is 5.12. The van der Waals surface area contributed by atoms with Gasteiger partial charge in [0.15, 0.2) is 0 Å². The van der Waals surface area contributed by atoms with Crippen LogP contribution in [0.5, 0.6) is 0 Å². The minimum absolute atomic E-state index is 0.0354. The zero-order valence-electron chi connectivity index (χ0n) is 10.7. The van der Waals surface area contributed by atoms with E-state index < -0.39 is 0 Å². The lowest BCUT2D eigenvalue weighted by atomic mass is 10.1. The first-order valence-electron chi connectivity index (χ1n) is 6.74. The van der Waals surface area contributed by atoms with Gasteiger partial charge in [-0.05, 0) is 19.3 Å². The summed E-state index contributed by atoms with van der Waals surface area (Å²) in [7, 11) is 0. The van der Waals surface area contributed by atoms with Gasteiger partial charge in [0.05, 0.1) is 6.04 Å². The van der Waals surface area contributed by atoms with Crippen molar-refractivity contribution in [3.8, 4) is 0 Å². The molecule has 1 aliphatic carbocycles. The molecule has 1 atom stereocenters. The molecule has 2 aliphatic rings. The molecular weight excluding hydrogens is 216 g/mol. The zero-order valence-corrected chi connectivity index (χ0v) is 10.7. The third-order valence-electron chi connectivity index (χ3n) is 3.86. The van der Waals surface area contributed by atoms with Crippen molar-refractivity contribution in [3.63, 3.8) is 0 Å². The standard InChI is InChI=1S/C12H24N4O/c1-2-3-11(12(17)14-13)16-8-6-15(7-9-16)10-4-5-10/h10-11H,2-9,13H2,1H3,(H,14,17). The van der Waals surface area contributed by atoms with E-state index in [2.05, 4.69) is 22.1 Å². The molecular formula is C12H24N4O. The second-order valence-corrected chi connectivity index (χ2v) is 5.12. The lowest BCUT2D eigenvalue weighted by molar-refractivity contribution is -0.127. The minimum Gasteiger partial charge on any atom is -0.298 e. The van der Waals surface area contributed by atoms with Crippen LogP contribution in [-0.4, -0.2) is 54.0 Å². The summed E-state index contributed by atoms with van der Waals surface area (Å²) in [6, 6.07) is 0.802. The van der Waals surface area contributed by atoms with Gasteiger partial charge in [-0.3, -0.25) is 20.0 Å². The predicted molar refractivity (Wildman–Crippen MR) is 67.2 cm³/mol. The van der Waals surface area contributed by atoms with Crippen LogP contribution in [0.2, 0.25) is 0 Å². The Hall–Kier alpha value is -0.650. The Balaban J connectivity index is 1.85. The summed E-state index contributed by atoms with van der Waals surface area (Å²) in [5, 5.41) is 0. The van der Waals surface area contributed by atoms with Gasteiger partial charge in [-0.25, -0.2) is 5.84 Å². The maximum atomic E-state index is 11.7. The average Bonchev–Trinajstić information content (AvgIpc) is 3.20. The van der Waals surface area contributed by atoms with Crippen molar-refractivity contribution in [2.45, 2.75) is 44.7 Å². The third-order valence-corrected chi connectivity index (χ3v) is 3.86. The number of rotatable bonds is 5. The number of carbonyl (C=O) groups excluding carboxylic acids is 1. The van der Waals surface area contributed by atoms with E-state index in [1.165, 1.54) is 12.8 Å². The third kappa shape index (κ3) is 3.18. The first-order chi connectivity index (χ1) is 8.26. The van der Waals surface area contributed by atoms with Crippen molar-refractivity contribution in [3.05, 3.63) is 0 Å². The minimum atomic E-state index is -0.0358. The van der Waals surface area contributed by atoms with Gasteiger partial charge in [0.2, 0.25) is 0 Å². The van der Waals surface area contributed by atoms with Crippen molar-refractivity contribution in [1.29, 1.82) is 0 Å². The Morgan fingerprint density at radius 1 is 1.35 bits per heavy atom. The smallest absolute Gasteiger partial charge is 0.251 e. The Morgan fingerprint density at radius 2 is 2.00 bits per heavy atom. The van der Waals surface area contributed by atoms with Gasteiger partial charge in [0.25, 0.3) is 5.91 Å². The lowest BCUT2D eigenvalue weighted by Gasteiger charge is -2.38. The fourth-order valence-electron chi connectivity index (χ4n) is 2.70. The molecule has 1 aliphatic heterocycles. The predicted octanol–water partition coefficient (Wildman–Crippen LogP) is -0.0750. The second kappa shape index (κ2) is 5.80. The van der Waals surface area contributed by atoms with Crippen LogP contribution in [0.3, 0.4) is 0 Å². The number of piperazine rings is 1. The Bertz CT molecular complexity index is 259. The van der Waals surface area contributed by atoms with Crippen LogP contribution in [0.15, 0.2) is 0 Å². The highest BCUT2D eigenvalue weighted by Gasteiger charge is 2.34. The molecule has 5 nitrogen and oxygen atoms in total. The molecule has 0 radical (unpaired) electrons. The fourth-order valence-corrected chi connectivity index (χ4v) is 2.70. The molecule has 1 heterocycles. The van der Waals surface area contributed by atoms with Crippen LogP contribution in [0.25, 0.3) is 0 Å². The molecule has 1 unspecified atom stereocenters. The van der Waals surface area contributed by atoms with Crippen molar-refractivity contribution < 1.29 is 4.79 Å². The molecule has 3 N–H and O–H groups in total. The monoisotopic (exact) mass is 240 g/mol. The summed E-state index contributed by atoms with van der Waals surface area (Å²) in [6.45, 7) is 6.30. The number of nitrogens with one attached hydrogen (secondary N) is 1. The Kier molecular flexibility index (Phi) is 4.36. The molecule has 98 valence electrons. The molecule has 0 aromatic heterocycles. The normalized spacial score (nSPS) is 24.6. The topological polar surface area (TPSA) is 61.6 Å². The quantitative estimate of drug-likeness (QED) is 0.401. The van der Waals surface area contributed by atoms with Crippen LogP contribution >= 0.6 is 0 Å². The summed E-state index contributed by atoms with van der Waals surface area (Å²) in [6.07, 6.45) is 4.64. The molecule has 5 heteroatoms. The summed E-state index contributed by atoms with van der Waals surface area (Å²) >= 11 is 0. The number of nitrogens with two attached hydrogens (primary N) is 1. The first-order valence-corrected chi connectivity index (χ1v) is 6.74. The highest BCUT2D eigenvalue weighted by Crippen LogP contribution is 2.27. The molecule has 2 fully saturated rings. The van der Waals surface area contributed by atoms with Gasteiger partial charge in [-0.15, -0.1) is 0 Å². The zero-order chi connectivity index (χ0) is 12.3. The van der Waals surface area contributed by atoms with Crippen LogP contribution in [0.4, 0.5) is 0 Å². The molecule has 1 saturated heterocycles. The van der Waals surface area contributed by atoms with Crippen LogP contribution in [0.1, 0.15) is 32.6 Å². The van der Waals surface area contributed by atoms with Gasteiger partial charge in [0, 0.05) is 32.2 Å². The average molecular weight is 240 g/mol. The number of carbonyl (C=O) groups is 1. The molecule has 2 rings (SSSR count). The molecule has 1 saturated carbocycles. The number of amides is 1. The van der Waals surface area contributed by atoms with Crippen molar-refractivity contribution in [2.24, 2.45) is 5.84 Å². The van der Waals surface area contributed by atoms with E-state index in [1.807, 2.05) is 0 Å². The molecule has 17 heavy (non-hydrogen) atoms. The molecule has 0 aromatic carbocycles. The van der Waals surface area contributed by atoms with Gasteiger partial charge in [-0.2, -0.15) is 0 Å². The van der Waals surface area contributed by atoms with Gasteiger partial charge < -0.3 is 0 Å². The van der Waals surface area contributed by atoms with Crippen molar-refractivity contribution in [1.82, 2.24) is 15.2 Å².